The Morgan fingerprint density at radius 3 is 2.69 bits per heavy atom. The maximum Gasteiger partial charge on any atom is 0.433 e. The summed E-state index contributed by atoms with van der Waals surface area (Å²) in [5.74, 6) is 0.715. The molecule has 1 unspecified atom stereocenters. The summed E-state index contributed by atoms with van der Waals surface area (Å²) in [4.78, 5) is 13.8. The van der Waals surface area contributed by atoms with Gasteiger partial charge in [0.1, 0.15) is 5.69 Å². The molecule has 12 heteroatoms. The van der Waals surface area contributed by atoms with Crippen molar-refractivity contribution >= 4 is 35.9 Å². The van der Waals surface area contributed by atoms with E-state index in [1.165, 1.54) is 6.42 Å². The molecular weight excluding hydrogens is 540 g/mol. The fourth-order valence-corrected chi connectivity index (χ4v) is 3.70. The van der Waals surface area contributed by atoms with Crippen molar-refractivity contribution in [1.82, 2.24) is 20.2 Å². The first-order valence-electron chi connectivity index (χ1n) is 10.8. The van der Waals surface area contributed by atoms with Crippen LogP contribution in [0.1, 0.15) is 37.8 Å². The molecule has 0 amide bonds. The molecule has 0 aromatic carbocycles. The molecule has 2 aliphatic rings. The Morgan fingerprint density at radius 1 is 1.25 bits per heavy atom. The minimum absolute atomic E-state index is 0. The van der Waals surface area contributed by atoms with Crippen LogP contribution in [0.15, 0.2) is 17.3 Å². The van der Waals surface area contributed by atoms with Gasteiger partial charge in [0.05, 0.1) is 18.8 Å². The van der Waals surface area contributed by atoms with Gasteiger partial charge in [-0.05, 0) is 38.2 Å². The second-order valence-corrected chi connectivity index (χ2v) is 7.67. The highest BCUT2D eigenvalue weighted by molar-refractivity contribution is 14.0. The third-order valence-corrected chi connectivity index (χ3v) is 5.38. The van der Waals surface area contributed by atoms with Crippen molar-refractivity contribution in [1.29, 1.82) is 0 Å². The number of rotatable bonds is 7. The van der Waals surface area contributed by atoms with E-state index >= 15 is 0 Å². The standard InChI is InChI=1S/C20H31F3N6O2.HI/c1-24-19(27-10-9-26-18-25-8-5-17(28-18)20(21,22)23)29-11-6-15(7-12-29)31-14-16-4-2-3-13-30-16;/h5,8,15-16H,2-4,6-7,9-14H2,1H3,(H,24,27)(H,25,26,28);1H. The van der Waals surface area contributed by atoms with Crippen LogP contribution in [-0.2, 0) is 15.7 Å². The summed E-state index contributed by atoms with van der Waals surface area (Å²) < 4.78 is 49.9. The molecule has 2 aliphatic heterocycles. The lowest BCUT2D eigenvalue weighted by atomic mass is 10.1. The van der Waals surface area contributed by atoms with Gasteiger partial charge in [-0.2, -0.15) is 13.2 Å². The maximum absolute atomic E-state index is 12.7. The van der Waals surface area contributed by atoms with Crippen molar-refractivity contribution in [3.8, 4) is 0 Å². The Labute approximate surface area is 203 Å². The number of guanidine groups is 1. The first-order valence-corrected chi connectivity index (χ1v) is 10.8. The first-order chi connectivity index (χ1) is 15.0. The summed E-state index contributed by atoms with van der Waals surface area (Å²) in [5, 5.41) is 6.03. The van der Waals surface area contributed by atoms with Crippen LogP contribution in [0.25, 0.3) is 0 Å². The zero-order valence-electron chi connectivity index (χ0n) is 18.2. The van der Waals surface area contributed by atoms with E-state index in [0.717, 1.165) is 63.6 Å². The Balaban J connectivity index is 0.00000363. The number of piperidine rings is 1. The van der Waals surface area contributed by atoms with E-state index < -0.39 is 11.9 Å². The maximum atomic E-state index is 12.7. The van der Waals surface area contributed by atoms with Crippen LogP contribution in [0, 0.1) is 0 Å². The van der Waals surface area contributed by atoms with E-state index in [-0.39, 0.29) is 42.1 Å². The number of halogens is 4. The van der Waals surface area contributed by atoms with Crippen LogP contribution < -0.4 is 10.6 Å². The molecule has 0 aliphatic carbocycles. The van der Waals surface area contributed by atoms with Gasteiger partial charge < -0.3 is 25.0 Å². The molecule has 182 valence electrons. The van der Waals surface area contributed by atoms with Crippen LogP contribution in [0.4, 0.5) is 19.1 Å². The molecule has 1 aromatic rings. The summed E-state index contributed by atoms with van der Waals surface area (Å²) in [6.07, 6.45) is 2.35. The largest absolute Gasteiger partial charge is 0.433 e. The van der Waals surface area contributed by atoms with E-state index in [1.54, 1.807) is 7.05 Å². The Morgan fingerprint density at radius 2 is 2.03 bits per heavy atom. The number of hydrogen-bond acceptors (Lipinski definition) is 6. The molecule has 8 nitrogen and oxygen atoms in total. The predicted octanol–water partition coefficient (Wildman–Crippen LogP) is 3.15. The van der Waals surface area contributed by atoms with Crippen molar-refractivity contribution in [2.75, 3.05) is 51.8 Å². The molecule has 1 aromatic heterocycles. The Kier molecular flexibility index (Phi) is 11.2. The SMILES string of the molecule is CN=C(NCCNc1nccc(C(F)(F)F)n1)N1CCC(OCC2CCCCO2)CC1.I. The summed E-state index contributed by atoms with van der Waals surface area (Å²) >= 11 is 0. The topological polar surface area (TPSA) is 83.9 Å². The lowest BCUT2D eigenvalue weighted by molar-refractivity contribution is -0.141. The van der Waals surface area contributed by atoms with E-state index in [0.29, 0.717) is 19.7 Å². The zero-order chi connectivity index (χ0) is 22.1. The van der Waals surface area contributed by atoms with Crippen molar-refractivity contribution < 1.29 is 22.6 Å². The second kappa shape index (κ2) is 13.3. The number of aliphatic imine (C=N–C) groups is 1. The van der Waals surface area contributed by atoms with E-state index in [1.807, 2.05) is 0 Å². The average molecular weight is 572 g/mol. The molecule has 1 atom stereocenters. The summed E-state index contributed by atoms with van der Waals surface area (Å²) in [7, 11) is 1.72. The van der Waals surface area contributed by atoms with Gasteiger partial charge in [-0.25, -0.2) is 9.97 Å². The average Bonchev–Trinajstić information content (AvgIpc) is 2.79. The molecule has 3 rings (SSSR count). The molecule has 0 bridgehead atoms. The Hall–Kier alpha value is -1.41. The van der Waals surface area contributed by atoms with Crippen molar-refractivity contribution in [3.63, 3.8) is 0 Å². The van der Waals surface area contributed by atoms with Gasteiger partial charge in [0, 0.05) is 46.0 Å². The number of likely N-dealkylation sites (tertiary alicyclic amines) is 1. The fraction of sp³-hybridized carbons (Fsp3) is 0.750. The van der Waals surface area contributed by atoms with Crippen molar-refractivity contribution in [3.05, 3.63) is 18.0 Å². The van der Waals surface area contributed by atoms with Gasteiger partial charge in [-0.15, -0.1) is 24.0 Å². The minimum atomic E-state index is -4.49. The van der Waals surface area contributed by atoms with E-state index in [2.05, 4.69) is 30.5 Å². The van der Waals surface area contributed by atoms with Gasteiger partial charge in [-0.3, -0.25) is 4.99 Å². The molecule has 0 radical (unpaired) electrons. The summed E-state index contributed by atoms with van der Waals surface area (Å²) in [6, 6.07) is 0.848. The van der Waals surface area contributed by atoms with Crippen LogP contribution in [-0.4, -0.2) is 79.5 Å². The molecule has 2 N–H and O–H groups in total. The molecule has 2 saturated heterocycles. The number of aromatic nitrogens is 2. The van der Waals surface area contributed by atoms with Gasteiger partial charge in [0.25, 0.3) is 0 Å². The zero-order valence-corrected chi connectivity index (χ0v) is 20.6. The van der Waals surface area contributed by atoms with E-state index in [4.69, 9.17) is 9.47 Å². The predicted molar refractivity (Wildman–Crippen MR) is 126 cm³/mol. The fourth-order valence-electron chi connectivity index (χ4n) is 3.70. The summed E-state index contributed by atoms with van der Waals surface area (Å²) in [5.41, 5.74) is -0.964. The molecule has 32 heavy (non-hydrogen) atoms. The van der Waals surface area contributed by atoms with Gasteiger partial charge in [-0.1, -0.05) is 0 Å². The lowest BCUT2D eigenvalue weighted by Gasteiger charge is -2.35. The number of nitrogens with one attached hydrogen (secondary N) is 2. The highest BCUT2D eigenvalue weighted by Gasteiger charge is 2.32. The number of anilines is 1. The highest BCUT2D eigenvalue weighted by atomic mass is 127. The first kappa shape index (κ1) is 26.8. The Bertz CT molecular complexity index is 711. The number of nitrogens with zero attached hydrogens (tertiary/aromatic N) is 4. The second-order valence-electron chi connectivity index (χ2n) is 7.67. The quantitative estimate of drug-likeness (QED) is 0.225. The van der Waals surface area contributed by atoms with Gasteiger partial charge in [0.15, 0.2) is 5.96 Å². The molecule has 0 saturated carbocycles. The normalized spacial score (nSPS) is 20.6. The van der Waals surface area contributed by atoms with Gasteiger partial charge >= 0.3 is 6.18 Å². The molecule has 0 spiro atoms. The van der Waals surface area contributed by atoms with Crippen molar-refractivity contribution in [2.45, 2.75) is 50.5 Å². The lowest BCUT2D eigenvalue weighted by Crippen LogP contribution is -2.48. The smallest absolute Gasteiger partial charge is 0.376 e. The summed E-state index contributed by atoms with van der Waals surface area (Å²) in [6.45, 7) is 4.01. The van der Waals surface area contributed by atoms with Crippen molar-refractivity contribution in [2.24, 2.45) is 4.99 Å². The van der Waals surface area contributed by atoms with Crippen LogP contribution in [0.5, 0.6) is 0 Å². The monoisotopic (exact) mass is 572 g/mol. The number of ether oxygens (including phenoxy) is 2. The number of hydrogen-bond donors (Lipinski definition) is 2. The highest BCUT2D eigenvalue weighted by Crippen LogP contribution is 2.27. The molecular formula is C20H32F3IN6O2. The third-order valence-electron chi connectivity index (χ3n) is 5.38. The van der Waals surface area contributed by atoms with E-state index in [9.17, 15) is 13.2 Å². The van der Waals surface area contributed by atoms with Crippen LogP contribution in [0.3, 0.4) is 0 Å². The third kappa shape index (κ3) is 8.50. The minimum Gasteiger partial charge on any atom is -0.376 e. The van der Waals surface area contributed by atoms with Crippen LogP contribution >= 0.6 is 24.0 Å². The van der Waals surface area contributed by atoms with Gasteiger partial charge in [0.2, 0.25) is 5.95 Å². The molecule has 2 fully saturated rings. The number of alkyl halides is 3. The van der Waals surface area contributed by atoms with Crippen LogP contribution in [0.2, 0.25) is 0 Å². The molecule has 3 heterocycles.